The highest BCUT2D eigenvalue weighted by atomic mass is 16.6. The Bertz CT molecular complexity index is 482. The number of hydrogen-bond donors (Lipinski definition) is 3. The van der Waals surface area contributed by atoms with E-state index in [4.69, 9.17) is 4.74 Å². The molecule has 1 amide bonds. The maximum atomic E-state index is 11.6. The molecule has 2 unspecified atom stereocenters. The summed E-state index contributed by atoms with van der Waals surface area (Å²) in [6, 6.07) is 7.66. The molecule has 0 bridgehead atoms. The number of ether oxygens (including phenoxy) is 1. The lowest BCUT2D eigenvalue weighted by Gasteiger charge is -2.31. The lowest BCUT2D eigenvalue weighted by Crippen LogP contribution is -2.40. The summed E-state index contributed by atoms with van der Waals surface area (Å²) >= 11 is 0. The van der Waals surface area contributed by atoms with Crippen LogP contribution in [0.1, 0.15) is 32.4 Å². The molecule has 1 heterocycles. The van der Waals surface area contributed by atoms with Crippen LogP contribution in [-0.4, -0.2) is 29.9 Å². The molecule has 0 aromatic heterocycles. The van der Waals surface area contributed by atoms with Crippen LogP contribution < -0.4 is 10.6 Å². The molecular formula is C15H22N2O3. The lowest BCUT2D eigenvalue weighted by atomic mass is 9.91. The number of anilines is 1. The number of amides is 1. The van der Waals surface area contributed by atoms with Gasteiger partial charge >= 0.3 is 6.09 Å². The van der Waals surface area contributed by atoms with Gasteiger partial charge in [-0.05, 0) is 26.8 Å². The zero-order chi connectivity index (χ0) is 14.8. The second-order valence-electron chi connectivity index (χ2n) is 6.06. The third kappa shape index (κ3) is 3.63. The van der Waals surface area contributed by atoms with Crippen molar-refractivity contribution < 1.29 is 14.6 Å². The van der Waals surface area contributed by atoms with E-state index in [2.05, 4.69) is 10.6 Å². The van der Waals surface area contributed by atoms with Gasteiger partial charge in [-0.2, -0.15) is 0 Å². The van der Waals surface area contributed by atoms with Gasteiger partial charge < -0.3 is 20.5 Å². The first-order valence-corrected chi connectivity index (χ1v) is 6.84. The SMILES string of the molecule is CC(C)(C)OC(=O)NCC1CNc2ccccc2C1O. The number of hydrogen-bond acceptors (Lipinski definition) is 4. The van der Waals surface area contributed by atoms with Gasteiger partial charge in [-0.25, -0.2) is 4.79 Å². The fraction of sp³-hybridized carbons (Fsp3) is 0.533. The van der Waals surface area contributed by atoms with Gasteiger partial charge in [0.2, 0.25) is 0 Å². The van der Waals surface area contributed by atoms with Crippen molar-refractivity contribution in [3.8, 4) is 0 Å². The minimum absolute atomic E-state index is 0.0718. The molecule has 5 heteroatoms. The molecule has 3 N–H and O–H groups in total. The van der Waals surface area contributed by atoms with E-state index in [-0.39, 0.29) is 5.92 Å². The third-order valence-corrected chi connectivity index (χ3v) is 3.19. The molecule has 1 aromatic carbocycles. The van der Waals surface area contributed by atoms with E-state index in [9.17, 15) is 9.90 Å². The summed E-state index contributed by atoms with van der Waals surface area (Å²) in [5.41, 5.74) is 1.31. The molecule has 2 atom stereocenters. The number of nitrogens with one attached hydrogen (secondary N) is 2. The van der Waals surface area contributed by atoms with Crippen molar-refractivity contribution in [2.75, 3.05) is 18.4 Å². The Balaban J connectivity index is 1.91. The topological polar surface area (TPSA) is 70.6 Å². The number of aliphatic hydroxyl groups is 1. The zero-order valence-corrected chi connectivity index (χ0v) is 12.1. The van der Waals surface area contributed by atoms with Gasteiger partial charge in [0.15, 0.2) is 0 Å². The van der Waals surface area contributed by atoms with Gasteiger partial charge in [-0.3, -0.25) is 0 Å². The maximum absolute atomic E-state index is 11.6. The monoisotopic (exact) mass is 278 g/mol. The van der Waals surface area contributed by atoms with E-state index in [1.54, 1.807) is 0 Å². The van der Waals surface area contributed by atoms with Gasteiger partial charge in [-0.15, -0.1) is 0 Å². The Labute approximate surface area is 119 Å². The predicted molar refractivity (Wildman–Crippen MR) is 77.6 cm³/mol. The second kappa shape index (κ2) is 5.71. The van der Waals surface area contributed by atoms with Crippen LogP contribution in [0.4, 0.5) is 10.5 Å². The van der Waals surface area contributed by atoms with Crippen molar-refractivity contribution in [2.45, 2.75) is 32.5 Å². The first-order valence-electron chi connectivity index (χ1n) is 6.84. The average Bonchev–Trinajstić information content (AvgIpc) is 2.36. The lowest BCUT2D eigenvalue weighted by molar-refractivity contribution is 0.0487. The first kappa shape index (κ1) is 14.7. The summed E-state index contributed by atoms with van der Waals surface area (Å²) in [4.78, 5) is 11.6. The number of alkyl carbamates (subject to hydrolysis) is 1. The van der Waals surface area contributed by atoms with Crippen LogP contribution in [0.15, 0.2) is 24.3 Å². The van der Waals surface area contributed by atoms with E-state index < -0.39 is 17.8 Å². The molecule has 0 radical (unpaired) electrons. The van der Waals surface area contributed by atoms with Gasteiger partial charge in [-0.1, -0.05) is 18.2 Å². The summed E-state index contributed by atoms with van der Waals surface area (Å²) in [6.07, 6.45) is -1.04. The smallest absolute Gasteiger partial charge is 0.407 e. The van der Waals surface area contributed by atoms with Crippen molar-refractivity contribution in [3.63, 3.8) is 0 Å². The molecule has 0 fully saturated rings. The average molecular weight is 278 g/mol. The summed E-state index contributed by atoms with van der Waals surface area (Å²) in [7, 11) is 0. The Hall–Kier alpha value is -1.75. The second-order valence-corrected chi connectivity index (χ2v) is 6.06. The molecule has 2 rings (SSSR count). The van der Waals surface area contributed by atoms with Crippen LogP contribution in [0.3, 0.4) is 0 Å². The van der Waals surface area contributed by atoms with E-state index in [0.29, 0.717) is 13.1 Å². The minimum Gasteiger partial charge on any atom is -0.444 e. The zero-order valence-electron chi connectivity index (χ0n) is 12.1. The molecule has 1 aliphatic heterocycles. The quantitative estimate of drug-likeness (QED) is 0.776. The van der Waals surface area contributed by atoms with Gasteiger partial charge in [0.05, 0.1) is 6.10 Å². The normalized spacial score (nSPS) is 21.6. The molecule has 20 heavy (non-hydrogen) atoms. The highest BCUT2D eigenvalue weighted by Crippen LogP contribution is 2.32. The van der Waals surface area contributed by atoms with Gasteiger partial charge in [0.1, 0.15) is 5.60 Å². The van der Waals surface area contributed by atoms with Crippen molar-refractivity contribution in [2.24, 2.45) is 5.92 Å². The first-order chi connectivity index (χ1) is 9.37. The van der Waals surface area contributed by atoms with Crippen molar-refractivity contribution in [1.29, 1.82) is 0 Å². The Kier molecular flexibility index (Phi) is 4.18. The Morgan fingerprint density at radius 1 is 1.45 bits per heavy atom. The Morgan fingerprint density at radius 2 is 2.15 bits per heavy atom. The largest absolute Gasteiger partial charge is 0.444 e. The van der Waals surface area contributed by atoms with Crippen LogP contribution in [0, 0.1) is 5.92 Å². The summed E-state index contributed by atoms with van der Waals surface area (Å²) in [5.74, 6) is -0.0718. The number of aliphatic hydroxyl groups excluding tert-OH is 1. The van der Waals surface area contributed by atoms with Crippen LogP contribution >= 0.6 is 0 Å². The summed E-state index contributed by atoms with van der Waals surface area (Å²) in [6.45, 7) is 6.45. The van der Waals surface area contributed by atoms with Crippen LogP contribution in [0.5, 0.6) is 0 Å². The Morgan fingerprint density at radius 3 is 2.85 bits per heavy atom. The number of carbonyl (C=O) groups excluding carboxylic acids is 1. The molecule has 5 nitrogen and oxygen atoms in total. The molecule has 110 valence electrons. The van der Waals surface area contributed by atoms with Crippen molar-refractivity contribution in [1.82, 2.24) is 5.32 Å². The fourth-order valence-electron chi connectivity index (χ4n) is 2.23. The molecule has 0 saturated carbocycles. The molecule has 1 aliphatic rings. The van der Waals surface area contributed by atoms with E-state index in [1.807, 2.05) is 45.0 Å². The molecular weight excluding hydrogens is 256 g/mol. The fourth-order valence-corrected chi connectivity index (χ4v) is 2.23. The van der Waals surface area contributed by atoms with Crippen LogP contribution in [0.2, 0.25) is 0 Å². The molecule has 0 saturated heterocycles. The number of para-hydroxylation sites is 1. The van der Waals surface area contributed by atoms with Gasteiger partial charge in [0.25, 0.3) is 0 Å². The predicted octanol–water partition coefficient (Wildman–Crippen LogP) is 2.29. The van der Waals surface area contributed by atoms with Crippen LogP contribution in [-0.2, 0) is 4.74 Å². The van der Waals surface area contributed by atoms with Crippen molar-refractivity contribution >= 4 is 11.8 Å². The summed E-state index contributed by atoms with van der Waals surface area (Å²) < 4.78 is 5.18. The highest BCUT2D eigenvalue weighted by molar-refractivity contribution is 5.67. The molecule has 1 aromatic rings. The van der Waals surface area contributed by atoms with Gasteiger partial charge in [0, 0.05) is 30.3 Å². The molecule has 0 spiro atoms. The number of benzene rings is 1. The maximum Gasteiger partial charge on any atom is 0.407 e. The number of fused-ring (bicyclic) bond motifs is 1. The van der Waals surface area contributed by atoms with Crippen LogP contribution in [0.25, 0.3) is 0 Å². The summed E-state index contributed by atoms with van der Waals surface area (Å²) in [5, 5.41) is 16.3. The molecule has 0 aliphatic carbocycles. The van der Waals surface area contributed by atoms with E-state index >= 15 is 0 Å². The minimum atomic E-state index is -0.581. The number of rotatable bonds is 2. The third-order valence-electron chi connectivity index (χ3n) is 3.19. The standard InChI is InChI=1S/C15H22N2O3/c1-15(2,3)20-14(19)17-9-10-8-16-12-7-5-4-6-11(12)13(10)18/h4-7,10,13,16,18H,8-9H2,1-3H3,(H,17,19). The number of carbonyl (C=O) groups is 1. The van der Waals surface area contributed by atoms with E-state index in [0.717, 1.165) is 11.3 Å². The van der Waals surface area contributed by atoms with E-state index in [1.165, 1.54) is 0 Å². The van der Waals surface area contributed by atoms with Crippen molar-refractivity contribution in [3.05, 3.63) is 29.8 Å². The highest BCUT2D eigenvalue weighted by Gasteiger charge is 2.28.